The summed E-state index contributed by atoms with van der Waals surface area (Å²) in [5, 5.41) is 0. The van der Waals surface area contributed by atoms with Crippen molar-refractivity contribution in [3.8, 4) is 0 Å². The second-order valence-electron chi connectivity index (χ2n) is 9.18. The van der Waals surface area contributed by atoms with Crippen LogP contribution in [0, 0.1) is 0 Å². The van der Waals surface area contributed by atoms with Crippen molar-refractivity contribution in [2.24, 2.45) is 0 Å². The molecule has 2 nitrogen and oxygen atoms in total. The van der Waals surface area contributed by atoms with Gasteiger partial charge in [-0.15, -0.1) is 0 Å². The number of benzene rings is 2. The van der Waals surface area contributed by atoms with Gasteiger partial charge < -0.3 is 9.31 Å². The van der Waals surface area contributed by atoms with Crippen LogP contribution in [0.4, 0.5) is 4.39 Å². The summed E-state index contributed by atoms with van der Waals surface area (Å²) in [7, 11) is -0.506. The molecule has 1 saturated heterocycles. The molecule has 0 spiro atoms. The zero-order valence-electron chi connectivity index (χ0n) is 19.4. The average molecular weight is 418 g/mol. The highest BCUT2D eigenvalue weighted by atomic mass is 19.1. The molecule has 1 aliphatic rings. The largest absolute Gasteiger partial charge is 0.490 e. The first-order valence-corrected chi connectivity index (χ1v) is 10.8. The Balaban J connectivity index is 1.92. The van der Waals surface area contributed by atoms with E-state index in [4.69, 9.17) is 9.31 Å². The van der Waals surface area contributed by atoms with Crippen molar-refractivity contribution in [1.29, 1.82) is 0 Å². The van der Waals surface area contributed by atoms with Crippen LogP contribution in [0.25, 0.3) is 11.6 Å². The Bertz CT molecular complexity index is 972. The molecule has 1 heterocycles. The van der Waals surface area contributed by atoms with Gasteiger partial charge in [0.25, 0.3) is 0 Å². The standard InChI is InChI=1S/C27H32BFO2/c1-20(17-22-13-9-7-10-14-22)18-24(29)19-25(23-15-11-8-12-16-23)21(2)28-30-26(3,4)27(5,6)31-28/h7-18H,19H2,1-6H3/b20-17+,24-18-,25-21+. The van der Waals surface area contributed by atoms with E-state index < -0.39 is 18.3 Å². The third-order valence-electron chi connectivity index (χ3n) is 6.13. The molecule has 3 rings (SSSR count). The molecule has 2 aromatic rings. The van der Waals surface area contributed by atoms with E-state index in [1.54, 1.807) is 6.08 Å². The maximum atomic E-state index is 15.1. The molecule has 0 aromatic heterocycles. The van der Waals surface area contributed by atoms with Crippen molar-refractivity contribution in [1.82, 2.24) is 0 Å². The molecule has 0 saturated carbocycles. The van der Waals surface area contributed by atoms with Crippen molar-refractivity contribution in [3.63, 3.8) is 0 Å². The van der Waals surface area contributed by atoms with Crippen LogP contribution in [0.2, 0.25) is 0 Å². The molecular formula is C27H32BFO2. The minimum Gasteiger partial charge on any atom is -0.400 e. The van der Waals surface area contributed by atoms with Crippen LogP contribution in [0.15, 0.2) is 83.6 Å². The van der Waals surface area contributed by atoms with Crippen LogP contribution in [0.1, 0.15) is 59.1 Å². The second-order valence-corrected chi connectivity index (χ2v) is 9.18. The quantitative estimate of drug-likeness (QED) is 0.359. The number of rotatable bonds is 6. The summed E-state index contributed by atoms with van der Waals surface area (Å²) in [4.78, 5) is 0. The molecule has 0 atom stereocenters. The fraction of sp³-hybridized carbons (Fsp3) is 0.333. The lowest BCUT2D eigenvalue weighted by molar-refractivity contribution is 0.00578. The lowest BCUT2D eigenvalue weighted by Gasteiger charge is -2.32. The molecule has 4 heteroatoms. The molecule has 0 unspecified atom stereocenters. The molecule has 0 radical (unpaired) electrons. The van der Waals surface area contributed by atoms with E-state index in [0.717, 1.165) is 27.7 Å². The van der Waals surface area contributed by atoms with Gasteiger partial charge in [-0.1, -0.05) is 66.7 Å². The monoisotopic (exact) mass is 418 g/mol. The lowest BCUT2D eigenvalue weighted by atomic mass is 9.74. The average Bonchev–Trinajstić information content (AvgIpc) is 2.94. The van der Waals surface area contributed by atoms with Crippen molar-refractivity contribution < 1.29 is 13.7 Å². The summed E-state index contributed by atoms with van der Waals surface area (Å²) >= 11 is 0. The molecule has 2 aromatic carbocycles. The van der Waals surface area contributed by atoms with Crippen LogP contribution in [-0.2, 0) is 9.31 Å². The Hall–Kier alpha value is -2.43. The SMILES string of the molecule is C/C(B1OC(C)(C)C(C)(C)O1)=C(/C/C(F)=C/C(C)=C/c1ccccc1)c1ccccc1. The van der Waals surface area contributed by atoms with E-state index in [0.29, 0.717) is 0 Å². The maximum absolute atomic E-state index is 15.1. The molecule has 31 heavy (non-hydrogen) atoms. The first-order valence-electron chi connectivity index (χ1n) is 10.8. The minimum absolute atomic E-state index is 0.180. The zero-order valence-corrected chi connectivity index (χ0v) is 19.4. The van der Waals surface area contributed by atoms with Gasteiger partial charge in [0.2, 0.25) is 0 Å². The van der Waals surface area contributed by atoms with Crippen molar-refractivity contribution in [2.45, 2.75) is 59.2 Å². The first kappa shape index (κ1) is 23.2. The third kappa shape index (κ3) is 5.64. The van der Waals surface area contributed by atoms with E-state index >= 15 is 4.39 Å². The number of allylic oxidation sites excluding steroid dienone is 5. The summed E-state index contributed by atoms with van der Waals surface area (Å²) in [6, 6.07) is 19.8. The van der Waals surface area contributed by atoms with Crippen molar-refractivity contribution in [2.75, 3.05) is 0 Å². The van der Waals surface area contributed by atoms with Crippen LogP contribution < -0.4 is 0 Å². The summed E-state index contributed by atoms with van der Waals surface area (Å²) in [5.41, 5.74) is 3.80. The minimum atomic E-state index is -0.506. The molecule has 0 N–H and O–H groups in total. The summed E-state index contributed by atoms with van der Waals surface area (Å²) < 4.78 is 27.6. The number of hydrogen-bond acceptors (Lipinski definition) is 2. The maximum Gasteiger partial charge on any atom is 0.490 e. The van der Waals surface area contributed by atoms with Gasteiger partial charge in [-0.2, -0.15) is 0 Å². The Labute approximate surface area is 186 Å². The topological polar surface area (TPSA) is 18.5 Å². The van der Waals surface area contributed by atoms with E-state index in [1.165, 1.54) is 0 Å². The predicted molar refractivity (Wildman–Crippen MR) is 129 cm³/mol. The van der Waals surface area contributed by atoms with E-state index in [2.05, 4.69) is 0 Å². The lowest BCUT2D eigenvalue weighted by Crippen LogP contribution is -2.41. The summed E-state index contributed by atoms with van der Waals surface area (Å²) in [6.07, 6.45) is 3.76. The predicted octanol–water partition coefficient (Wildman–Crippen LogP) is 7.44. The van der Waals surface area contributed by atoms with E-state index in [9.17, 15) is 0 Å². The molecule has 1 aliphatic heterocycles. The smallest absolute Gasteiger partial charge is 0.400 e. The van der Waals surface area contributed by atoms with Gasteiger partial charge in [0.05, 0.1) is 11.2 Å². The Morgan fingerprint density at radius 3 is 1.94 bits per heavy atom. The number of hydrogen-bond donors (Lipinski definition) is 0. The Morgan fingerprint density at radius 2 is 1.39 bits per heavy atom. The highest BCUT2D eigenvalue weighted by molar-refractivity contribution is 6.56. The summed E-state index contributed by atoms with van der Waals surface area (Å²) in [5.74, 6) is -0.195. The first-order chi connectivity index (χ1) is 14.6. The Morgan fingerprint density at radius 1 is 0.871 bits per heavy atom. The molecule has 0 bridgehead atoms. The molecule has 0 aliphatic carbocycles. The zero-order chi connectivity index (χ0) is 22.6. The number of halogens is 1. The second kappa shape index (κ2) is 9.38. The third-order valence-corrected chi connectivity index (χ3v) is 6.13. The van der Waals surface area contributed by atoms with E-state index in [1.807, 2.05) is 108 Å². The normalized spacial score (nSPS) is 19.4. The van der Waals surface area contributed by atoms with Crippen molar-refractivity contribution >= 4 is 18.8 Å². The molecule has 0 amide bonds. The van der Waals surface area contributed by atoms with Gasteiger partial charge in [-0.3, -0.25) is 0 Å². The van der Waals surface area contributed by atoms with Gasteiger partial charge in [0.15, 0.2) is 0 Å². The van der Waals surface area contributed by atoms with E-state index in [-0.39, 0.29) is 12.2 Å². The van der Waals surface area contributed by atoms with Crippen LogP contribution in [0.5, 0.6) is 0 Å². The fourth-order valence-electron chi connectivity index (χ4n) is 3.59. The molecule has 1 fully saturated rings. The van der Waals surface area contributed by atoms with Gasteiger partial charge in [-0.25, -0.2) is 4.39 Å². The van der Waals surface area contributed by atoms with Crippen LogP contribution in [-0.4, -0.2) is 18.3 Å². The Kier molecular flexibility index (Phi) is 7.03. The fourth-order valence-corrected chi connectivity index (χ4v) is 3.59. The van der Waals surface area contributed by atoms with Crippen LogP contribution >= 0.6 is 0 Å². The van der Waals surface area contributed by atoms with Gasteiger partial charge in [0, 0.05) is 6.42 Å². The summed E-state index contributed by atoms with van der Waals surface area (Å²) in [6.45, 7) is 12.0. The van der Waals surface area contributed by atoms with Crippen molar-refractivity contribution in [3.05, 3.63) is 94.7 Å². The van der Waals surface area contributed by atoms with Crippen LogP contribution in [0.3, 0.4) is 0 Å². The van der Waals surface area contributed by atoms with Gasteiger partial charge in [0.1, 0.15) is 5.83 Å². The van der Waals surface area contributed by atoms with Gasteiger partial charge in [-0.05, 0) is 75.4 Å². The highest BCUT2D eigenvalue weighted by Crippen LogP contribution is 2.40. The molecule has 162 valence electrons. The van der Waals surface area contributed by atoms with Gasteiger partial charge >= 0.3 is 7.12 Å². The molecular weight excluding hydrogens is 386 g/mol. The highest BCUT2D eigenvalue weighted by Gasteiger charge is 2.52.